The Morgan fingerprint density at radius 2 is 2.19 bits per heavy atom. The first-order valence-electron chi connectivity index (χ1n) is 5.36. The van der Waals surface area contributed by atoms with Crippen molar-refractivity contribution in [2.45, 2.75) is 13.3 Å². The highest BCUT2D eigenvalue weighted by molar-refractivity contribution is 14.1. The predicted molar refractivity (Wildman–Crippen MR) is 79.1 cm³/mol. The molecule has 0 fully saturated rings. The van der Waals surface area contributed by atoms with Crippen LogP contribution in [0.3, 0.4) is 0 Å². The molecule has 88 valence electrons. The Balaban J connectivity index is 2.33. The Morgan fingerprint density at radius 1 is 1.44 bits per heavy atom. The average Bonchev–Trinajstić information content (AvgIpc) is 2.29. The molecule has 0 aliphatic rings. The first-order valence-corrected chi connectivity index (χ1v) is 7.59. The summed E-state index contributed by atoms with van der Waals surface area (Å²) in [6.07, 6.45) is 1.04. The SMILES string of the molecule is CCSCCCNC(=O)c1ccccc1I. The zero-order chi connectivity index (χ0) is 11.8. The van der Waals surface area contributed by atoms with Gasteiger partial charge in [0.2, 0.25) is 0 Å². The van der Waals surface area contributed by atoms with Gasteiger partial charge < -0.3 is 5.32 Å². The minimum atomic E-state index is 0.0338. The van der Waals surface area contributed by atoms with Gasteiger partial charge in [0.25, 0.3) is 5.91 Å². The number of carbonyl (C=O) groups is 1. The van der Waals surface area contributed by atoms with Crippen molar-refractivity contribution in [2.75, 3.05) is 18.1 Å². The molecule has 1 aromatic rings. The van der Waals surface area contributed by atoms with Crippen molar-refractivity contribution in [3.8, 4) is 0 Å². The number of hydrogen-bond acceptors (Lipinski definition) is 2. The van der Waals surface area contributed by atoms with E-state index in [4.69, 9.17) is 0 Å². The lowest BCUT2D eigenvalue weighted by atomic mass is 10.2. The third-order valence-corrected chi connectivity index (χ3v) is 4.00. The highest BCUT2D eigenvalue weighted by Crippen LogP contribution is 2.11. The summed E-state index contributed by atoms with van der Waals surface area (Å²) in [7, 11) is 0. The van der Waals surface area contributed by atoms with Gasteiger partial charge >= 0.3 is 0 Å². The molecule has 0 bridgehead atoms. The molecule has 0 unspecified atom stereocenters. The molecule has 0 aliphatic carbocycles. The molecule has 2 nitrogen and oxygen atoms in total. The number of thioether (sulfide) groups is 1. The predicted octanol–water partition coefficient (Wildman–Crippen LogP) is 3.16. The van der Waals surface area contributed by atoms with Crippen LogP contribution >= 0.6 is 34.4 Å². The lowest BCUT2D eigenvalue weighted by Gasteiger charge is -2.06. The normalized spacial score (nSPS) is 10.1. The van der Waals surface area contributed by atoms with E-state index in [1.165, 1.54) is 0 Å². The Morgan fingerprint density at radius 3 is 2.88 bits per heavy atom. The molecule has 16 heavy (non-hydrogen) atoms. The molecule has 0 aliphatic heterocycles. The van der Waals surface area contributed by atoms with E-state index in [9.17, 15) is 4.79 Å². The summed E-state index contributed by atoms with van der Waals surface area (Å²) in [6, 6.07) is 7.64. The fourth-order valence-electron chi connectivity index (χ4n) is 1.26. The molecular formula is C12H16INOS. The van der Waals surface area contributed by atoms with E-state index in [1.807, 2.05) is 36.0 Å². The first kappa shape index (κ1) is 13.8. The molecule has 0 aromatic heterocycles. The number of halogens is 1. The van der Waals surface area contributed by atoms with E-state index in [0.717, 1.165) is 33.6 Å². The van der Waals surface area contributed by atoms with Gasteiger partial charge in [0.1, 0.15) is 0 Å². The van der Waals surface area contributed by atoms with E-state index in [2.05, 4.69) is 34.8 Å². The zero-order valence-corrected chi connectivity index (χ0v) is 12.3. The van der Waals surface area contributed by atoms with Gasteiger partial charge in [-0.05, 0) is 52.7 Å². The lowest BCUT2D eigenvalue weighted by molar-refractivity contribution is 0.0953. The van der Waals surface area contributed by atoms with Crippen LogP contribution in [0.5, 0.6) is 0 Å². The average molecular weight is 349 g/mol. The van der Waals surface area contributed by atoms with Gasteiger partial charge in [0.15, 0.2) is 0 Å². The van der Waals surface area contributed by atoms with Gasteiger partial charge in [0.05, 0.1) is 5.56 Å². The Kier molecular flexibility index (Phi) is 6.87. The largest absolute Gasteiger partial charge is 0.352 e. The van der Waals surface area contributed by atoms with Crippen LogP contribution in [-0.2, 0) is 0 Å². The molecule has 1 aromatic carbocycles. The molecule has 0 atom stereocenters. The molecule has 1 amide bonds. The van der Waals surface area contributed by atoms with Crippen LogP contribution in [0.25, 0.3) is 0 Å². The van der Waals surface area contributed by atoms with E-state index in [0.29, 0.717) is 0 Å². The first-order chi connectivity index (χ1) is 7.75. The quantitative estimate of drug-likeness (QED) is 0.631. The van der Waals surface area contributed by atoms with Crippen LogP contribution in [0.1, 0.15) is 23.7 Å². The summed E-state index contributed by atoms with van der Waals surface area (Å²) < 4.78 is 1.00. The van der Waals surface area contributed by atoms with Crippen LogP contribution in [-0.4, -0.2) is 24.0 Å². The number of rotatable bonds is 6. The van der Waals surface area contributed by atoms with Gasteiger partial charge in [-0.15, -0.1) is 0 Å². The summed E-state index contributed by atoms with van der Waals surface area (Å²) in [5, 5.41) is 2.94. The van der Waals surface area contributed by atoms with Gasteiger partial charge in [-0.2, -0.15) is 11.8 Å². The van der Waals surface area contributed by atoms with Gasteiger partial charge in [0, 0.05) is 10.1 Å². The highest BCUT2D eigenvalue weighted by Gasteiger charge is 2.07. The second-order valence-corrected chi connectivity index (χ2v) is 5.84. The van der Waals surface area contributed by atoms with Gasteiger partial charge in [-0.25, -0.2) is 0 Å². The number of benzene rings is 1. The minimum absolute atomic E-state index is 0.0338. The van der Waals surface area contributed by atoms with Crippen LogP contribution < -0.4 is 5.32 Å². The van der Waals surface area contributed by atoms with Crippen LogP contribution in [0.4, 0.5) is 0 Å². The van der Waals surface area contributed by atoms with Gasteiger partial charge in [-0.1, -0.05) is 19.1 Å². The molecule has 0 heterocycles. The fourth-order valence-corrected chi connectivity index (χ4v) is 2.53. The zero-order valence-electron chi connectivity index (χ0n) is 9.33. The maximum Gasteiger partial charge on any atom is 0.252 e. The van der Waals surface area contributed by atoms with E-state index >= 15 is 0 Å². The highest BCUT2D eigenvalue weighted by atomic mass is 127. The number of amides is 1. The Bertz CT molecular complexity index is 344. The van der Waals surface area contributed by atoms with Crippen molar-refractivity contribution in [3.05, 3.63) is 33.4 Å². The van der Waals surface area contributed by atoms with Crippen LogP contribution in [0, 0.1) is 3.57 Å². The molecule has 0 radical (unpaired) electrons. The standard InChI is InChI=1S/C12H16INOS/c1-2-16-9-5-8-14-12(15)10-6-3-4-7-11(10)13/h3-4,6-7H,2,5,8-9H2,1H3,(H,14,15). The number of carbonyl (C=O) groups excluding carboxylic acids is 1. The van der Waals surface area contributed by atoms with E-state index in [1.54, 1.807) is 0 Å². The maximum atomic E-state index is 11.8. The van der Waals surface area contributed by atoms with Crippen LogP contribution in [0.15, 0.2) is 24.3 Å². The number of hydrogen-bond donors (Lipinski definition) is 1. The summed E-state index contributed by atoms with van der Waals surface area (Å²) in [6.45, 7) is 2.91. The Labute approximate surface area is 115 Å². The molecule has 0 spiro atoms. The Hall–Kier alpha value is -0.230. The molecular weight excluding hydrogens is 333 g/mol. The van der Waals surface area contributed by atoms with Crippen molar-refractivity contribution in [1.29, 1.82) is 0 Å². The summed E-state index contributed by atoms with van der Waals surface area (Å²) in [4.78, 5) is 11.8. The second-order valence-electron chi connectivity index (χ2n) is 3.29. The molecule has 1 N–H and O–H groups in total. The molecule has 0 saturated carbocycles. The molecule has 1 rings (SSSR count). The van der Waals surface area contributed by atoms with Crippen molar-refractivity contribution >= 4 is 40.3 Å². The minimum Gasteiger partial charge on any atom is -0.352 e. The van der Waals surface area contributed by atoms with Crippen LogP contribution in [0.2, 0.25) is 0 Å². The summed E-state index contributed by atoms with van der Waals surface area (Å²) >= 11 is 4.09. The van der Waals surface area contributed by atoms with Crippen molar-refractivity contribution in [1.82, 2.24) is 5.32 Å². The monoisotopic (exact) mass is 349 g/mol. The van der Waals surface area contributed by atoms with Crippen molar-refractivity contribution in [2.24, 2.45) is 0 Å². The third-order valence-electron chi connectivity index (χ3n) is 2.07. The molecule has 0 saturated heterocycles. The lowest BCUT2D eigenvalue weighted by Crippen LogP contribution is -2.25. The molecule has 4 heteroatoms. The van der Waals surface area contributed by atoms with E-state index < -0.39 is 0 Å². The van der Waals surface area contributed by atoms with E-state index in [-0.39, 0.29) is 5.91 Å². The smallest absolute Gasteiger partial charge is 0.252 e. The summed E-state index contributed by atoms with van der Waals surface area (Å²) in [5.74, 6) is 2.29. The van der Waals surface area contributed by atoms with Gasteiger partial charge in [-0.3, -0.25) is 4.79 Å². The fraction of sp³-hybridized carbons (Fsp3) is 0.417. The topological polar surface area (TPSA) is 29.1 Å². The second kappa shape index (κ2) is 7.95. The number of nitrogens with one attached hydrogen (secondary N) is 1. The van der Waals surface area contributed by atoms with Crippen molar-refractivity contribution in [3.63, 3.8) is 0 Å². The summed E-state index contributed by atoms with van der Waals surface area (Å²) in [5.41, 5.74) is 0.770. The third kappa shape index (κ3) is 4.74. The maximum absolute atomic E-state index is 11.8. The van der Waals surface area contributed by atoms with Crippen molar-refractivity contribution < 1.29 is 4.79 Å².